The average molecular weight is 453 g/mol. The largest absolute Gasteiger partial charge is 0.497 e. The van der Waals surface area contributed by atoms with Crippen LogP contribution >= 0.6 is 0 Å². The van der Waals surface area contributed by atoms with Crippen molar-refractivity contribution in [3.63, 3.8) is 0 Å². The second-order valence-electron chi connectivity index (χ2n) is 7.39. The molecule has 0 aliphatic heterocycles. The van der Waals surface area contributed by atoms with Crippen LogP contribution < -0.4 is 9.47 Å². The van der Waals surface area contributed by atoms with E-state index in [9.17, 15) is 13.5 Å². The number of aryl methyl sites for hydroxylation is 1. The molecule has 0 fully saturated rings. The summed E-state index contributed by atoms with van der Waals surface area (Å²) in [4.78, 5) is 0.0741. The topological polar surface area (TPSA) is 72.8 Å². The van der Waals surface area contributed by atoms with E-state index in [-0.39, 0.29) is 9.80 Å². The van der Waals surface area contributed by atoms with Gasteiger partial charge in [-0.15, -0.1) is 0 Å². The molecule has 3 aromatic rings. The van der Waals surface area contributed by atoms with Crippen molar-refractivity contribution >= 4 is 15.4 Å². The Labute approximate surface area is 189 Å². The second-order valence-corrected chi connectivity index (χ2v) is 9.31. The van der Waals surface area contributed by atoms with E-state index in [1.165, 1.54) is 14.2 Å². The normalized spacial score (nSPS) is 13.3. The van der Waals surface area contributed by atoms with Crippen LogP contribution in [0, 0.1) is 6.92 Å². The zero-order valence-electron chi connectivity index (χ0n) is 18.7. The third kappa shape index (κ3) is 4.71. The summed E-state index contributed by atoms with van der Waals surface area (Å²) in [6.07, 6.45) is -1.02. The zero-order valence-corrected chi connectivity index (χ0v) is 19.5. The summed E-state index contributed by atoms with van der Waals surface area (Å²) in [6, 6.07) is 20.8. The first-order valence-corrected chi connectivity index (χ1v) is 11.8. The van der Waals surface area contributed by atoms with Gasteiger partial charge in [0.15, 0.2) is 0 Å². The minimum atomic E-state index is -4.02. The Morgan fingerprint density at radius 1 is 0.938 bits per heavy atom. The first-order valence-electron chi connectivity index (χ1n) is 10.3. The molecular weight excluding hydrogens is 424 g/mol. The lowest BCUT2D eigenvalue weighted by Gasteiger charge is -2.22. The summed E-state index contributed by atoms with van der Waals surface area (Å²) < 4.78 is 38.4. The van der Waals surface area contributed by atoms with Crippen molar-refractivity contribution in [2.24, 2.45) is 0 Å². The number of aliphatic hydroxyl groups excluding tert-OH is 1. The Hall–Kier alpha value is -3.09. The maximum absolute atomic E-state index is 13.9. The molecule has 1 N–H and O–H groups in total. The highest BCUT2D eigenvalue weighted by Gasteiger charge is 2.33. The maximum Gasteiger partial charge on any atom is 0.205 e. The van der Waals surface area contributed by atoms with Crippen LogP contribution in [0.5, 0.6) is 11.5 Å². The lowest BCUT2D eigenvalue weighted by molar-refractivity contribution is 0.217. The average Bonchev–Trinajstić information content (AvgIpc) is 2.82. The van der Waals surface area contributed by atoms with Crippen molar-refractivity contribution in [2.45, 2.75) is 31.3 Å². The molecule has 0 heterocycles. The Kier molecular flexibility index (Phi) is 7.38. The standard InChI is InChI=1S/C26H28O5S/c1-5-22(19-9-7-6-8-10-19)26(32(28,29)21-14-11-18(2)12-15-21)25(27)23-16-13-20(30-3)17-24(23)31-4/h6-17,25,27H,5H2,1-4H3/b26-22-. The van der Waals surface area contributed by atoms with Gasteiger partial charge in [-0.2, -0.15) is 0 Å². The van der Waals surface area contributed by atoms with Crippen molar-refractivity contribution in [3.05, 3.63) is 94.4 Å². The lowest BCUT2D eigenvalue weighted by atomic mass is 9.98. The fraction of sp³-hybridized carbons (Fsp3) is 0.231. The van der Waals surface area contributed by atoms with Gasteiger partial charge in [-0.1, -0.05) is 55.0 Å². The Morgan fingerprint density at radius 2 is 1.59 bits per heavy atom. The van der Waals surface area contributed by atoms with Crippen LogP contribution in [-0.2, 0) is 9.84 Å². The first kappa shape index (κ1) is 23.6. The molecule has 0 amide bonds. The number of aliphatic hydroxyl groups is 1. The SMILES string of the molecule is CC/C(=C(\C(O)c1ccc(OC)cc1OC)S(=O)(=O)c1ccc(C)cc1)c1ccccc1. The predicted octanol–water partition coefficient (Wildman–Crippen LogP) is 5.34. The molecule has 168 valence electrons. The van der Waals surface area contributed by atoms with E-state index in [2.05, 4.69) is 0 Å². The number of benzene rings is 3. The minimum absolute atomic E-state index is 0.0569. The van der Waals surface area contributed by atoms with Gasteiger partial charge in [-0.25, -0.2) is 8.42 Å². The molecule has 3 rings (SSSR count). The molecule has 0 radical (unpaired) electrons. The van der Waals surface area contributed by atoms with E-state index in [0.29, 0.717) is 29.1 Å². The van der Waals surface area contributed by atoms with Crippen LogP contribution in [0.15, 0.2) is 82.6 Å². The first-order chi connectivity index (χ1) is 15.3. The smallest absolute Gasteiger partial charge is 0.205 e. The number of ether oxygens (including phenoxy) is 2. The molecule has 0 aromatic heterocycles. The number of hydrogen-bond donors (Lipinski definition) is 1. The van der Waals surface area contributed by atoms with Gasteiger partial charge in [-0.05, 0) is 48.7 Å². The van der Waals surface area contributed by atoms with Crippen molar-refractivity contribution < 1.29 is 23.0 Å². The second kappa shape index (κ2) is 10.0. The minimum Gasteiger partial charge on any atom is -0.497 e. The lowest BCUT2D eigenvalue weighted by Crippen LogP contribution is -2.16. The fourth-order valence-electron chi connectivity index (χ4n) is 3.66. The monoisotopic (exact) mass is 452 g/mol. The number of hydrogen-bond acceptors (Lipinski definition) is 5. The molecule has 5 nitrogen and oxygen atoms in total. The molecule has 0 aliphatic rings. The van der Waals surface area contributed by atoms with Crippen molar-refractivity contribution in [2.75, 3.05) is 14.2 Å². The highest BCUT2D eigenvalue weighted by atomic mass is 32.2. The molecule has 6 heteroatoms. The summed E-state index contributed by atoms with van der Waals surface area (Å²) in [6.45, 7) is 3.77. The zero-order chi connectivity index (χ0) is 23.3. The van der Waals surface area contributed by atoms with Crippen molar-refractivity contribution in [1.29, 1.82) is 0 Å². The van der Waals surface area contributed by atoms with Crippen molar-refractivity contribution in [1.82, 2.24) is 0 Å². The predicted molar refractivity (Wildman–Crippen MR) is 127 cm³/mol. The van der Waals surface area contributed by atoms with E-state index in [1.54, 1.807) is 42.5 Å². The highest BCUT2D eigenvalue weighted by Crippen LogP contribution is 2.41. The highest BCUT2D eigenvalue weighted by molar-refractivity contribution is 7.95. The van der Waals surface area contributed by atoms with Gasteiger partial charge in [0.05, 0.1) is 24.0 Å². The number of allylic oxidation sites excluding steroid dienone is 1. The van der Waals surface area contributed by atoms with Crippen LogP contribution in [0.2, 0.25) is 0 Å². The summed E-state index contributed by atoms with van der Waals surface area (Å²) in [7, 11) is -1.02. The van der Waals surface area contributed by atoms with E-state index in [4.69, 9.17) is 9.47 Å². The van der Waals surface area contributed by atoms with Gasteiger partial charge >= 0.3 is 0 Å². The fourth-order valence-corrected chi connectivity index (χ4v) is 5.42. The molecule has 1 unspecified atom stereocenters. The summed E-state index contributed by atoms with van der Waals surface area (Å²) in [5.74, 6) is 0.889. The van der Waals surface area contributed by atoms with E-state index >= 15 is 0 Å². The molecule has 0 bridgehead atoms. The van der Waals surface area contributed by atoms with Crippen LogP contribution in [0.25, 0.3) is 5.57 Å². The molecule has 3 aromatic carbocycles. The van der Waals surface area contributed by atoms with E-state index < -0.39 is 15.9 Å². The van der Waals surface area contributed by atoms with Gasteiger partial charge in [0.2, 0.25) is 9.84 Å². The summed E-state index contributed by atoms with van der Waals surface area (Å²) >= 11 is 0. The molecule has 32 heavy (non-hydrogen) atoms. The Bertz CT molecular complexity index is 1200. The Balaban J connectivity index is 2.31. The van der Waals surface area contributed by atoms with E-state index in [0.717, 1.165) is 11.1 Å². The Morgan fingerprint density at radius 3 is 2.16 bits per heavy atom. The molecular formula is C26H28O5S. The van der Waals surface area contributed by atoms with Crippen molar-refractivity contribution in [3.8, 4) is 11.5 Å². The summed E-state index contributed by atoms with van der Waals surface area (Å²) in [5.41, 5.74) is 2.59. The van der Waals surface area contributed by atoms with Crippen LogP contribution in [-0.4, -0.2) is 27.7 Å². The van der Waals surface area contributed by atoms with Gasteiger partial charge < -0.3 is 14.6 Å². The van der Waals surface area contributed by atoms with E-state index in [1.807, 2.05) is 44.2 Å². The van der Waals surface area contributed by atoms with Gasteiger partial charge in [-0.3, -0.25) is 0 Å². The van der Waals surface area contributed by atoms with Crippen LogP contribution in [0.3, 0.4) is 0 Å². The molecule has 0 aliphatic carbocycles. The molecule has 0 saturated carbocycles. The van der Waals surface area contributed by atoms with Gasteiger partial charge in [0.25, 0.3) is 0 Å². The number of methoxy groups -OCH3 is 2. The quantitative estimate of drug-likeness (QED) is 0.499. The van der Waals surface area contributed by atoms with Crippen LogP contribution in [0.4, 0.5) is 0 Å². The molecule has 0 spiro atoms. The number of sulfone groups is 1. The summed E-state index contributed by atoms with van der Waals surface area (Å²) in [5, 5.41) is 11.5. The molecule has 0 saturated heterocycles. The van der Waals surface area contributed by atoms with Crippen LogP contribution in [0.1, 0.15) is 36.1 Å². The molecule has 1 atom stereocenters. The third-order valence-corrected chi connectivity index (χ3v) is 7.32. The van der Waals surface area contributed by atoms with Gasteiger partial charge in [0, 0.05) is 11.6 Å². The third-order valence-electron chi connectivity index (χ3n) is 5.38. The number of rotatable bonds is 8. The van der Waals surface area contributed by atoms with Gasteiger partial charge in [0.1, 0.15) is 17.6 Å². The maximum atomic E-state index is 13.9.